The van der Waals surface area contributed by atoms with Gasteiger partial charge in [-0.3, -0.25) is 0 Å². The van der Waals surface area contributed by atoms with Crippen LogP contribution >= 0.6 is 0 Å². The van der Waals surface area contributed by atoms with E-state index in [1.54, 1.807) is 0 Å². The van der Waals surface area contributed by atoms with Crippen LogP contribution in [-0.2, 0) is 211 Å². The average Bonchev–Trinajstić information content (AvgIpc) is 0. The SMILES string of the molecule is [Cd].[Cd].[Cd].[Cd].[Cd].[Cd].[Cd].[Zn]. The quantitative estimate of drug-likeness (QED) is 0.301. The van der Waals surface area contributed by atoms with E-state index in [-0.39, 0.29) is 211 Å². The molecule has 0 nitrogen and oxygen atoms in total. The Morgan fingerprint density at radius 1 is 0.250 bits per heavy atom. The Morgan fingerprint density at radius 3 is 0.250 bits per heavy atom. The first-order valence-corrected chi connectivity index (χ1v) is 0. The van der Waals surface area contributed by atoms with E-state index in [0.717, 1.165) is 0 Å². The Labute approximate surface area is 204 Å². The molecule has 0 spiro atoms. The zero-order valence-electron chi connectivity index (χ0n) is 5.66. The molecule has 0 radical (unpaired) electrons. The third kappa shape index (κ3) is 38.1. The van der Waals surface area contributed by atoms with Crippen molar-refractivity contribution in [1.82, 2.24) is 0 Å². The Bertz CT molecular complexity index is 4.35. The van der Waals surface area contributed by atoms with Crippen molar-refractivity contribution < 1.29 is 211 Å². The first-order valence-electron chi connectivity index (χ1n) is 0. The predicted molar refractivity (Wildman–Crippen MR) is 0 cm³/mol. The summed E-state index contributed by atoms with van der Waals surface area (Å²) in [7, 11) is 0. The molecule has 0 heterocycles. The fraction of sp³-hybridized carbons (Fsp3) is 0. The Hall–Kier alpha value is 7.08. The molecule has 16 valence electrons. The van der Waals surface area contributed by atoms with Gasteiger partial charge in [-0.05, 0) is 0 Å². The molecule has 0 aliphatic heterocycles. The number of hydrogen-bond donors (Lipinski definition) is 0. The summed E-state index contributed by atoms with van der Waals surface area (Å²) in [5.41, 5.74) is 0. The third-order valence-corrected chi connectivity index (χ3v) is 0. The Balaban J connectivity index is 0. The van der Waals surface area contributed by atoms with Crippen molar-refractivity contribution in [2.75, 3.05) is 0 Å². The van der Waals surface area contributed by atoms with Gasteiger partial charge in [0.15, 0.2) is 0 Å². The van der Waals surface area contributed by atoms with Crippen LogP contribution in [-0.4, -0.2) is 0 Å². The standard InChI is InChI=1S/7Cd.Zn. The van der Waals surface area contributed by atoms with Crippen LogP contribution in [0.15, 0.2) is 0 Å². The topological polar surface area (TPSA) is 0 Å². The van der Waals surface area contributed by atoms with E-state index in [2.05, 4.69) is 0 Å². The van der Waals surface area contributed by atoms with Crippen molar-refractivity contribution in [2.24, 2.45) is 0 Å². The monoisotopic (exact) mass is 861 g/mol. The summed E-state index contributed by atoms with van der Waals surface area (Å²) in [5, 5.41) is 0. The second kappa shape index (κ2) is 48.1. The zero-order valence-corrected chi connectivity index (χ0v) is 36.9. The molecule has 0 aromatic heterocycles. The summed E-state index contributed by atoms with van der Waals surface area (Å²) in [6.07, 6.45) is 0. The van der Waals surface area contributed by atoms with Crippen LogP contribution in [0.2, 0.25) is 0 Å². The minimum absolute atomic E-state index is 0. The third-order valence-electron chi connectivity index (χ3n) is 0. The molecule has 0 aliphatic rings. The van der Waals surface area contributed by atoms with Crippen LogP contribution in [0.25, 0.3) is 0 Å². The van der Waals surface area contributed by atoms with Gasteiger partial charge in [0.2, 0.25) is 0 Å². The molecule has 0 bridgehead atoms. The van der Waals surface area contributed by atoms with Gasteiger partial charge in [0, 0.05) is 211 Å². The second-order valence-electron chi connectivity index (χ2n) is 0. The van der Waals surface area contributed by atoms with Crippen molar-refractivity contribution in [3.8, 4) is 0 Å². The van der Waals surface area contributed by atoms with Gasteiger partial charge in [-0.1, -0.05) is 0 Å². The minimum Gasteiger partial charge on any atom is 0 e. The summed E-state index contributed by atoms with van der Waals surface area (Å²) < 4.78 is 0. The van der Waals surface area contributed by atoms with E-state index >= 15 is 0 Å². The molecule has 0 saturated carbocycles. The minimum atomic E-state index is 0. The molecule has 0 aromatic rings. The van der Waals surface area contributed by atoms with E-state index in [0.29, 0.717) is 0 Å². The average molecular weight is 852 g/mol. The Morgan fingerprint density at radius 2 is 0.250 bits per heavy atom. The van der Waals surface area contributed by atoms with Crippen molar-refractivity contribution >= 4 is 0 Å². The summed E-state index contributed by atoms with van der Waals surface area (Å²) in [5.74, 6) is 0. The van der Waals surface area contributed by atoms with Gasteiger partial charge < -0.3 is 0 Å². The molecule has 0 fully saturated rings. The molecular formula is Cd7Zn. The second-order valence-corrected chi connectivity index (χ2v) is 0. The van der Waals surface area contributed by atoms with Crippen molar-refractivity contribution in [1.29, 1.82) is 0 Å². The van der Waals surface area contributed by atoms with Gasteiger partial charge in [-0.25, -0.2) is 0 Å². The van der Waals surface area contributed by atoms with E-state index in [1.165, 1.54) is 0 Å². The zero-order chi connectivity index (χ0) is 0. The molecule has 8 heavy (non-hydrogen) atoms. The van der Waals surface area contributed by atoms with Crippen molar-refractivity contribution in [3.05, 3.63) is 0 Å². The van der Waals surface area contributed by atoms with Gasteiger partial charge >= 0.3 is 0 Å². The molecule has 0 amide bonds. The Kier molecular flexibility index (Phi) is 358. The van der Waals surface area contributed by atoms with Gasteiger partial charge in [-0.2, -0.15) is 0 Å². The largest absolute Gasteiger partial charge is 0 e. The fourth-order valence-corrected chi connectivity index (χ4v) is 0. The van der Waals surface area contributed by atoms with Crippen LogP contribution in [0, 0.1) is 0 Å². The van der Waals surface area contributed by atoms with E-state index in [4.69, 9.17) is 0 Å². The smallest absolute Gasteiger partial charge is 0 e. The van der Waals surface area contributed by atoms with Gasteiger partial charge in [-0.15, -0.1) is 0 Å². The molecule has 0 aliphatic carbocycles. The van der Waals surface area contributed by atoms with Crippen LogP contribution in [0.1, 0.15) is 0 Å². The molecule has 0 rings (SSSR count). The van der Waals surface area contributed by atoms with Crippen LogP contribution in [0.4, 0.5) is 0 Å². The maximum absolute atomic E-state index is 0. The van der Waals surface area contributed by atoms with Crippen LogP contribution < -0.4 is 0 Å². The summed E-state index contributed by atoms with van der Waals surface area (Å²) in [4.78, 5) is 0. The van der Waals surface area contributed by atoms with Gasteiger partial charge in [0.25, 0.3) is 0 Å². The number of hydrogen-bond acceptors (Lipinski definition) is 0. The molecule has 0 unspecified atom stereocenters. The summed E-state index contributed by atoms with van der Waals surface area (Å²) in [6.45, 7) is 0. The van der Waals surface area contributed by atoms with Crippen LogP contribution in [0.3, 0.4) is 0 Å². The van der Waals surface area contributed by atoms with E-state index in [9.17, 15) is 0 Å². The number of rotatable bonds is 0. The van der Waals surface area contributed by atoms with Gasteiger partial charge in [0.1, 0.15) is 0 Å². The van der Waals surface area contributed by atoms with Gasteiger partial charge in [0.05, 0.1) is 0 Å². The molecule has 0 atom stereocenters. The van der Waals surface area contributed by atoms with Crippen molar-refractivity contribution in [2.45, 2.75) is 0 Å². The summed E-state index contributed by atoms with van der Waals surface area (Å²) >= 11 is 0. The van der Waals surface area contributed by atoms with E-state index in [1.807, 2.05) is 0 Å². The summed E-state index contributed by atoms with van der Waals surface area (Å²) in [6, 6.07) is 0. The predicted octanol–water partition coefficient (Wildman–Crippen LogP) is -0.0200. The molecule has 0 N–H and O–H groups in total. The molecular weight excluding hydrogens is 852 g/mol. The van der Waals surface area contributed by atoms with Crippen molar-refractivity contribution in [3.63, 3.8) is 0 Å². The maximum Gasteiger partial charge on any atom is 0 e. The first-order chi connectivity index (χ1) is 0. The normalized spacial score (nSPS) is 0. The maximum atomic E-state index is 0. The molecule has 8 heteroatoms. The fourth-order valence-electron chi connectivity index (χ4n) is 0. The first kappa shape index (κ1) is 59.6. The molecule has 0 aromatic carbocycles. The molecule has 0 saturated heterocycles. The van der Waals surface area contributed by atoms with E-state index < -0.39 is 0 Å². The van der Waals surface area contributed by atoms with Crippen LogP contribution in [0.5, 0.6) is 0 Å².